The molecule has 0 aliphatic carbocycles. The van der Waals surface area contributed by atoms with Crippen LogP contribution in [0.15, 0.2) is 0 Å². The summed E-state index contributed by atoms with van der Waals surface area (Å²) in [5.41, 5.74) is 0. The molecule has 0 aromatic rings. The van der Waals surface area contributed by atoms with Gasteiger partial charge < -0.3 is 0 Å². The highest BCUT2D eigenvalue weighted by molar-refractivity contribution is 4.94. The lowest BCUT2D eigenvalue weighted by Crippen LogP contribution is -2.40. The quantitative estimate of drug-likeness (QED) is 0.668. The first-order valence-corrected chi connectivity index (χ1v) is 2.61. The second kappa shape index (κ2) is 3.48. The molecular formula is C4F9O. The minimum absolute atomic E-state index is 1.65. The Bertz CT molecular complexity index is 190. The highest BCUT2D eigenvalue weighted by Gasteiger charge is 2.63. The first-order valence-electron chi connectivity index (χ1n) is 2.61. The third-order valence-electron chi connectivity index (χ3n) is 0.748. The van der Waals surface area contributed by atoms with Crippen molar-refractivity contribution in [1.29, 1.82) is 0 Å². The lowest BCUT2D eigenvalue weighted by atomic mass is 10.3. The summed E-state index contributed by atoms with van der Waals surface area (Å²) >= 11 is 0. The van der Waals surface area contributed by atoms with Crippen LogP contribution in [0, 0.1) is 6.17 Å². The maximum absolute atomic E-state index is 11.7. The molecule has 0 spiro atoms. The number of ether oxygens (including phenoxy) is 1. The van der Waals surface area contributed by atoms with E-state index in [2.05, 4.69) is 0 Å². The molecule has 0 N–H and O–H groups in total. The van der Waals surface area contributed by atoms with Gasteiger partial charge in [-0.3, -0.25) is 0 Å². The number of hydrogen-bond acceptors (Lipinski definition) is 1. The van der Waals surface area contributed by atoms with Gasteiger partial charge in [0.15, 0.2) is 0 Å². The first kappa shape index (κ1) is 13.3. The summed E-state index contributed by atoms with van der Waals surface area (Å²) in [6.07, 6.45) is -22.5. The number of rotatable bonds is 2. The van der Waals surface area contributed by atoms with E-state index in [1.54, 1.807) is 4.74 Å². The van der Waals surface area contributed by atoms with Crippen LogP contribution in [0.1, 0.15) is 0 Å². The second-order valence-electron chi connectivity index (χ2n) is 1.88. The third kappa shape index (κ3) is 4.03. The molecule has 0 rings (SSSR count). The number of halogens is 9. The Kier molecular flexibility index (Phi) is 3.31. The van der Waals surface area contributed by atoms with Crippen LogP contribution in [0.25, 0.3) is 0 Å². The zero-order valence-electron chi connectivity index (χ0n) is 5.81. The smallest absolute Gasteiger partial charge is 0.223 e. The normalized spacial score (nSPS) is 15.0. The maximum atomic E-state index is 11.7. The first-order chi connectivity index (χ1) is 5.86. The molecule has 0 saturated heterocycles. The minimum Gasteiger partial charge on any atom is -0.223 e. The van der Waals surface area contributed by atoms with Gasteiger partial charge in [0.2, 0.25) is 0 Å². The van der Waals surface area contributed by atoms with Crippen molar-refractivity contribution < 1.29 is 44.3 Å². The molecule has 10 heteroatoms. The molecule has 0 atom stereocenters. The van der Waals surface area contributed by atoms with Gasteiger partial charge in [-0.15, -0.1) is 13.2 Å². The van der Waals surface area contributed by atoms with E-state index in [-0.39, 0.29) is 0 Å². The van der Waals surface area contributed by atoms with E-state index in [4.69, 9.17) is 0 Å². The maximum Gasteiger partial charge on any atom is 0.527 e. The van der Waals surface area contributed by atoms with Crippen molar-refractivity contribution in [2.45, 2.75) is 18.6 Å². The lowest BCUT2D eigenvalue weighted by Gasteiger charge is -2.21. The summed E-state index contributed by atoms with van der Waals surface area (Å²) in [7, 11) is 0. The lowest BCUT2D eigenvalue weighted by molar-refractivity contribution is -0.433. The molecule has 0 unspecified atom stereocenters. The molecule has 0 aromatic carbocycles. The summed E-state index contributed by atoms with van der Waals surface area (Å²) in [6, 6.07) is 0. The van der Waals surface area contributed by atoms with Gasteiger partial charge in [-0.05, 0) is 0 Å². The summed E-state index contributed by atoms with van der Waals surface area (Å²) in [5, 5.41) is 0. The molecule has 0 amide bonds. The Balaban J connectivity index is 4.63. The Morgan fingerprint density at radius 2 is 1.14 bits per heavy atom. The topological polar surface area (TPSA) is 9.23 Å². The van der Waals surface area contributed by atoms with E-state index in [1.807, 2.05) is 0 Å². The number of hydrogen-bond donors (Lipinski definition) is 0. The average Bonchev–Trinajstić information content (AvgIpc) is 1.78. The Morgan fingerprint density at radius 1 is 0.786 bits per heavy atom. The molecule has 0 bridgehead atoms. The summed E-state index contributed by atoms with van der Waals surface area (Å²) in [5.74, 6) is 0. The van der Waals surface area contributed by atoms with E-state index >= 15 is 0 Å². The zero-order chi connectivity index (χ0) is 11.8. The second-order valence-corrected chi connectivity index (χ2v) is 1.88. The van der Waals surface area contributed by atoms with Crippen LogP contribution in [0.3, 0.4) is 0 Å². The fourth-order valence-corrected chi connectivity index (χ4v) is 0.355. The van der Waals surface area contributed by atoms with Gasteiger partial charge in [-0.1, -0.05) is 0 Å². The van der Waals surface area contributed by atoms with E-state index in [0.717, 1.165) is 0 Å². The van der Waals surface area contributed by atoms with Crippen molar-refractivity contribution in [3.63, 3.8) is 0 Å². The van der Waals surface area contributed by atoms with Gasteiger partial charge in [0.25, 0.3) is 0 Å². The molecule has 0 aliphatic heterocycles. The van der Waals surface area contributed by atoms with Crippen molar-refractivity contribution in [1.82, 2.24) is 0 Å². The van der Waals surface area contributed by atoms with Crippen molar-refractivity contribution in [2.24, 2.45) is 0 Å². The summed E-state index contributed by atoms with van der Waals surface area (Å²) < 4.78 is 103. The molecule has 1 nitrogen and oxygen atoms in total. The van der Waals surface area contributed by atoms with Gasteiger partial charge in [-0.25, -0.2) is 9.13 Å². The van der Waals surface area contributed by atoms with Gasteiger partial charge in [0, 0.05) is 0 Å². The highest BCUT2D eigenvalue weighted by atomic mass is 19.4. The standard InChI is InChI=1S/C4F9O/c5-1(2(6,7)8)3(9,10)14-4(11,12)13. The molecule has 14 heavy (non-hydrogen) atoms. The predicted molar refractivity (Wildman–Crippen MR) is 22.5 cm³/mol. The molecule has 0 heterocycles. The monoisotopic (exact) mass is 235 g/mol. The van der Waals surface area contributed by atoms with Crippen molar-refractivity contribution in [3.8, 4) is 0 Å². The Morgan fingerprint density at radius 3 is 1.36 bits per heavy atom. The van der Waals surface area contributed by atoms with E-state index in [9.17, 15) is 39.5 Å². The van der Waals surface area contributed by atoms with Gasteiger partial charge in [0.1, 0.15) is 0 Å². The molecular weight excluding hydrogens is 235 g/mol. The van der Waals surface area contributed by atoms with E-state index in [1.165, 1.54) is 0 Å². The Hall–Kier alpha value is -0.670. The highest BCUT2D eigenvalue weighted by Crippen LogP contribution is 2.44. The molecule has 0 fully saturated rings. The zero-order valence-corrected chi connectivity index (χ0v) is 5.81. The van der Waals surface area contributed by atoms with Crippen LogP contribution >= 0.6 is 0 Å². The summed E-state index contributed by atoms with van der Waals surface area (Å²) in [6.45, 7) is 0. The van der Waals surface area contributed by atoms with Gasteiger partial charge in [-0.2, -0.15) is 22.0 Å². The molecule has 0 aromatic heterocycles. The van der Waals surface area contributed by atoms with Crippen molar-refractivity contribution in [2.75, 3.05) is 0 Å². The van der Waals surface area contributed by atoms with Crippen LogP contribution in [0.4, 0.5) is 39.5 Å². The molecule has 0 saturated carbocycles. The fraction of sp³-hybridized carbons (Fsp3) is 0.750. The third-order valence-corrected chi connectivity index (χ3v) is 0.748. The van der Waals surface area contributed by atoms with E-state index < -0.39 is 24.8 Å². The average molecular weight is 235 g/mol. The van der Waals surface area contributed by atoms with Crippen molar-refractivity contribution >= 4 is 0 Å². The molecule has 1 radical (unpaired) electrons. The minimum atomic E-state index is -6.21. The Labute approximate surface area is 70.4 Å². The van der Waals surface area contributed by atoms with Crippen LogP contribution < -0.4 is 0 Å². The van der Waals surface area contributed by atoms with Crippen LogP contribution in [0.5, 0.6) is 0 Å². The van der Waals surface area contributed by atoms with E-state index in [0.29, 0.717) is 0 Å². The van der Waals surface area contributed by atoms with Gasteiger partial charge >= 0.3 is 24.8 Å². The largest absolute Gasteiger partial charge is 0.527 e. The van der Waals surface area contributed by atoms with Crippen LogP contribution in [-0.2, 0) is 4.74 Å². The number of alkyl halides is 8. The predicted octanol–water partition coefficient (Wildman–Crippen LogP) is 3.18. The van der Waals surface area contributed by atoms with Crippen LogP contribution in [-0.4, -0.2) is 18.6 Å². The SMILES string of the molecule is F[C](C(F)(F)F)C(F)(F)OC(F)(F)F. The van der Waals surface area contributed by atoms with Crippen LogP contribution in [0.2, 0.25) is 0 Å². The van der Waals surface area contributed by atoms with Gasteiger partial charge in [0.05, 0.1) is 0 Å². The van der Waals surface area contributed by atoms with Crippen molar-refractivity contribution in [3.05, 3.63) is 6.17 Å². The molecule has 85 valence electrons. The molecule has 0 aliphatic rings. The fourth-order valence-electron chi connectivity index (χ4n) is 0.355. The summed E-state index contributed by atoms with van der Waals surface area (Å²) in [4.78, 5) is 0.